The van der Waals surface area contributed by atoms with Gasteiger partial charge in [0.15, 0.2) is 0 Å². The Morgan fingerprint density at radius 3 is 1.73 bits per heavy atom. The maximum atomic E-state index is 10.4. The first-order valence-corrected chi connectivity index (χ1v) is 11.6. The van der Waals surface area contributed by atoms with Gasteiger partial charge >= 0.3 is 0 Å². The van der Waals surface area contributed by atoms with Crippen molar-refractivity contribution in [3.63, 3.8) is 0 Å². The fraction of sp³-hybridized carbons (Fsp3) is 1.00. The van der Waals surface area contributed by atoms with Gasteiger partial charge in [-0.25, -0.2) is 0 Å². The summed E-state index contributed by atoms with van der Waals surface area (Å²) in [4.78, 5) is 20.8. The van der Waals surface area contributed by atoms with Gasteiger partial charge in [0.25, 0.3) is 0 Å². The summed E-state index contributed by atoms with van der Waals surface area (Å²) in [5.41, 5.74) is 3.54. The minimum atomic E-state index is -5.07. The number of hydrogen-bond donors (Lipinski definition) is 3. The fourth-order valence-corrected chi connectivity index (χ4v) is 3.34. The first-order chi connectivity index (χ1) is 12.3. The van der Waals surface area contributed by atoms with Gasteiger partial charge in [-0.3, -0.25) is 0 Å². The van der Waals surface area contributed by atoms with Crippen molar-refractivity contribution in [2.24, 2.45) is 0 Å². The van der Waals surface area contributed by atoms with E-state index in [2.05, 4.69) is 17.2 Å². The van der Waals surface area contributed by atoms with Crippen molar-refractivity contribution >= 4 is 7.82 Å². The largest absolute Gasteiger partial charge is 0.790 e. The topological polar surface area (TPSA) is 141 Å². The highest BCUT2D eigenvalue weighted by Crippen LogP contribution is 2.24. The molecule has 0 aliphatic carbocycles. The number of quaternary nitrogens is 1. The lowest BCUT2D eigenvalue weighted by molar-refractivity contribution is -0.450. The highest BCUT2D eigenvalue weighted by atomic mass is 31.2. The van der Waals surface area contributed by atoms with E-state index in [4.69, 9.17) is 0 Å². The quantitative estimate of drug-likeness (QED) is 0.235. The number of unbranched alkanes of at least 4 members (excludes halogenated alkanes) is 11. The Labute approximate surface area is 158 Å². The predicted octanol–water partition coefficient (Wildman–Crippen LogP) is 1.26. The molecular weight excluding hydrogens is 357 g/mol. The van der Waals surface area contributed by atoms with Crippen LogP contribution in [0.25, 0.3) is 0 Å². The third-order valence-corrected chi connectivity index (χ3v) is 5.14. The van der Waals surface area contributed by atoms with E-state index in [0.717, 1.165) is 19.3 Å². The van der Waals surface area contributed by atoms with Gasteiger partial charge in [-0.2, -0.15) is 0 Å². The second kappa shape index (κ2) is 16.0. The lowest BCUT2D eigenvalue weighted by atomic mass is 10.00. The minimum Gasteiger partial charge on any atom is -0.790 e. The predicted molar refractivity (Wildman–Crippen MR) is 97.9 cm³/mol. The van der Waals surface area contributed by atoms with E-state index in [0.29, 0.717) is 6.42 Å². The van der Waals surface area contributed by atoms with Crippen molar-refractivity contribution in [2.75, 3.05) is 6.61 Å². The van der Waals surface area contributed by atoms with Crippen LogP contribution in [0.1, 0.15) is 90.4 Å². The summed E-state index contributed by atoms with van der Waals surface area (Å²) in [7, 11) is -5.07. The molecule has 0 aliphatic rings. The molecule has 158 valence electrons. The van der Waals surface area contributed by atoms with Crippen LogP contribution in [0.5, 0.6) is 0 Å². The molecule has 0 saturated heterocycles. The van der Waals surface area contributed by atoms with Gasteiger partial charge in [-0.05, 0) is 6.42 Å². The molecule has 0 radical (unpaired) electrons. The second-order valence-electron chi connectivity index (χ2n) is 7.24. The van der Waals surface area contributed by atoms with Crippen LogP contribution in [-0.2, 0) is 9.09 Å². The van der Waals surface area contributed by atoms with Crippen molar-refractivity contribution in [3.8, 4) is 0 Å². The van der Waals surface area contributed by atoms with Gasteiger partial charge in [0.2, 0.25) is 0 Å². The SMILES string of the molecule is CCCCCCCCCCCCCC[C@@H](O)[C@@H](O)[C@@H]([NH3+])COP(=O)([O-])[O-]. The van der Waals surface area contributed by atoms with Crippen LogP contribution in [0.3, 0.4) is 0 Å². The van der Waals surface area contributed by atoms with E-state index in [1.807, 2.05) is 0 Å². The molecule has 0 fully saturated rings. The zero-order chi connectivity index (χ0) is 19.8. The molecule has 0 bridgehead atoms. The Hall–Kier alpha value is -0.0100. The Morgan fingerprint density at radius 2 is 1.31 bits per heavy atom. The molecule has 8 heteroatoms. The lowest BCUT2D eigenvalue weighted by Gasteiger charge is -2.30. The average Bonchev–Trinajstić information content (AvgIpc) is 2.59. The smallest absolute Gasteiger partial charge is 0.137 e. The molecular formula is C18H39NO6P-. The molecule has 0 aromatic heterocycles. The van der Waals surface area contributed by atoms with Crippen LogP contribution >= 0.6 is 7.82 Å². The van der Waals surface area contributed by atoms with Crippen molar-refractivity contribution < 1.29 is 34.8 Å². The average molecular weight is 396 g/mol. The number of rotatable bonds is 18. The Kier molecular flexibility index (Phi) is 16.0. The molecule has 0 aromatic carbocycles. The number of aliphatic hydroxyl groups is 2. The number of phosphoric acid groups is 1. The highest BCUT2D eigenvalue weighted by molar-refractivity contribution is 7.43. The molecule has 0 aliphatic heterocycles. The molecule has 0 spiro atoms. The summed E-state index contributed by atoms with van der Waals surface area (Å²) < 4.78 is 14.5. The van der Waals surface area contributed by atoms with Gasteiger partial charge in [0.05, 0.1) is 13.9 Å². The van der Waals surface area contributed by atoms with Crippen LogP contribution in [-0.4, -0.2) is 35.1 Å². The Bertz CT molecular complexity index is 366. The normalized spacial score (nSPS) is 15.8. The summed E-state index contributed by atoms with van der Waals surface area (Å²) in [5.74, 6) is 0. The van der Waals surface area contributed by atoms with Crippen LogP contribution in [0, 0.1) is 0 Å². The first kappa shape index (κ1) is 26.0. The van der Waals surface area contributed by atoms with E-state index in [1.54, 1.807) is 0 Å². The molecule has 26 heavy (non-hydrogen) atoms. The van der Waals surface area contributed by atoms with Crippen LogP contribution in [0.2, 0.25) is 0 Å². The molecule has 0 aromatic rings. The van der Waals surface area contributed by atoms with Gasteiger partial charge in [0.1, 0.15) is 18.8 Å². The van der Waals surface area contributed by atoms with Gasteiger partial charge in [-0.1, -0.05) is 84.0 Å². The highest BCUT2D eigenvalue weighted by Gasteiger charge is 2.26. The Balaban J connectivity index is 3.52. The molecule has 0 unspecified atom stereocenters. The van der Waals surface area contributed by atoms with E-state index < -0.39 is 32.7 Å². The summed E-state index contributed by atoms with van der Waals surface area (Å²) in [6, 6.07) is -0.862. The standard InChI is InChI=1S/C18H40NO6P/c1-2-3-4-5-6-7-8-9-10-11-12-13-14-17(20)18(21)16(19)15-25-26(22,23)24/h16-18,20-21H,2-15,19H2,1H3,(H2,22,23,24)/p-1/t16-,17+,18-/m0/s1. The summed E-state index contributed by atoms with van der Waals surface area (Å²) in [6.07, 6.45) is 12.9. The van der Waals surface area contributed by atoms with E-state index in [1.165, 1.54) is 57.8 Å². The zero-order valence-electron chi connectivity index (χ0n) is 16.3. The van der Waals surface area contributed by atoms with E-state index >= 15 is 0 Å². The number of phosphoric ester groups is 1. The van der Waals surface area contributed by atoms with Crippen molar-refractivity contribution in [2.45, 2.75) is 109 Å². The van der Waals surface area contributed by atoms with Crippen LogP contribution in [0.4, 0.5) is 0 Å². The van der Waals surface area contributed by atoms with Crippen LogP contribution < -0.4 is 15.5 Å². The molecule has 0 amide bonds. The Morgan fingerprint density at radius 1 is 0.885 bits per heavy atom. The summed E-state index contributed by atoms with van der Waals surface area (Å²) in [6.45, 7) is 1.72. The molecule has 0 heterocycles. The second-order valence-corrected chi connectivity index (χ2v) is 8.39. The number of hydrogen-bond acceptors (Lipinski definition) is 6. The van der Waals surface area contributed by atoms with E-state index in [9.17, 15) is 24.6 Å². The fourth-order valence-electron chi connectivity index (χ4n) is 2.97. The first-order valence-electron chi connectivity index (χ1n) is 10.1. The van der Waals surface area contributed by atoms with E-state index in [-0.39, 0.29) is 0 Å². The summed E-state index contributed by atoms with van der Waals surface area (Å²) >= 11 is 0. The van der Waals surface area contributed by atoms with Crippen molar-refractivity contribution in [1.29, 1.82) is 0 Å². The third-order valence-electron chi connectivity index (χ3n) is 4.68. The van der Waals surface area contributed by atoms with Crippen molar-refractivity contribution in [3.05, 3.63) is 0 Å². The minimum absolute atomic E-state index is 0.428. The maximum absolute atomic E-state index is 10.4. The van der Waals surface area contributed by atoms with Gasteiger partial charge in [-0.15, -0.1) is 0 Å². The van der Waals surface area contributed by atoms with Crippen molar-refractivity contribution in [1.82, 2.24) is 0 Å². The summed E-state index contributed by atoms with van der Waals surface area (Å²) in [5, 5.41) is 19.8. The molecule has 5 N–H and O–H groups in total. The van der Waals surface area contributed by atoms with Gasteiger partial charge in [0, 0.05) is 0 Å². The lowest BCUT2D eigenvalue weighted by Crippen LogP contribution is -2.70. The van der Waals surface area contributed by atoms with Gasteiger partial charge < -0.3 is 34.8 Å². The molecule has 0 rings (SSSR count). The molecule has 0 saturated carbocycles. The molecule has 3 atom stereocenters. The zero-order valence-corrected chi connectivity index (χ0v) is 17.2. The maximum Gasteiger partial charge on any atom is 0.137 e. The third kappa shape index (κ3) is 16.2. The monoisotopic (exact) mass is 396 g/mol. The number of aliphatic hydroxyl groups excluding tert-OH is 2. The molecule has 7 nitrogen and oxygen atoms in total. The van der Waals surface area contributed by atoms with Crippen LogP contribution in [0.15, 0.2) is 0 Å².